The van der Waals surface area contributed by atoms with Gasteiger partial charge in [-0.25, -0.2) is 4.79 Å². The first-order valence-corrected chi connectivity index (χ1v) is 8.72. The van der Waals surface area contributed by atoms with Crippen molar-refractivity contribution in [1.82, 2.24) is 15.2 Å². The van der Waals surface area contributed by atoms with E-state index in [0.29, 0.717) is 0 Å². The maximum atomic E-state index is 11.8. The highest BCUT2D eigenvalue weighted by atomic mass is 16.2. The lowest BCUT2D eigenvalue weighted by Gasteiger charge is -2.11. The quantitative estimate of drug-likeness (QED) is 0.551. The first-order valence-electron chi connectivity index (χ1n) is 8.72. The second-order valence-corrected chi connectivity index (χ2v) is 6.54. The van der Waals surface area contributed by atoms with Gasteiger partial charge in [0.05, 0.1) is 0 Å². The molecule has 1 aliphatic rings. The molecule has 27 heavy (non-hydrogen) atoms. The lowest BCUT2D eigenvalue weighted by molar-refractivity contribution is -0.115. The van der Waals surface area contributed by atoms with E-state index in [9.17, 15) is 9.59 Å². The first-order chi connectivity index (χ1) is 13.0. The van der Waals surface area contributed by atoms with Crippen LogP contribution in [0.5, 0.6) is 0 Å². The number of hydrogen-bond acceptors (Lipinski definition) is 2. The minimum atomic E-state index is -0.489. The van der Waals surface area contributed by atoms with Gasteiger partial charge in [0.15, 0.2) is 0 Å². The number of aromatic nitrogens is 1. The average molecular weight is 357 g/mol. The van der Waals surface area contributed by atoms with E-state index in [2.05, 4.69) is 51.6 Å². The highest BCUT2D eigenvalue weighted by Gasteiger charge is 2.23. The van der Waals surface area contributed by atoms with Crippen molar-refractivity contribution < 1.29 is 9.59 Å². The Balaban J connectivity index is 1.69. The molecule has 4 rings (SSSR count). The molecule has 0 bridgehead atoms. The van der Waals surface area contributed by atoms with E-state index in [1.165, 1.54) is 5.56 Å². The molecule has 2 heterocycles. The molecule has 2 aromatic carbocycles. The smallest absolute Gasteiger partial charge is 0.318 e. The minimum Gasteiger partial charge on any atom is -0.318 e. The van der Waals surface area contributed by atoms with E-state index in [0.717, 1.165) is 28.2 Å². The number of nitrogens with zero attached hydrogens (tertiary/aromatic N) is 1. The summed E-state index contributed by atoms with van der Waals surface area (Å²) in [4.78, 5) is 23.1. The number of benzene rings is 2. The Morgan fingerprint density at radius 2 is 1.52 bits per heavy atom. The van der Waals surface area contributed by atoms with Crippen molar-refractivity contribution in [3.63, 3.8) is 0 Å². The number of imide groups is 1. The summed E-state index contributed by atoms with van der Waals surface area (Å²) in [5.74, 6) is -0.406. The molecule has 0 saturated carbocycles. The average Bonchev–Trinajstić information content (AvgIpc) is 3.13. The SMILES string of the molecule is Cc1cc(C=C2NC(=O)NC2=O)c(C)n1-c1ccc(-c2ccccc2)cc1. The molecule has 3 amide bonds. The molecule has 3 aromatic rings. The number of carbonyl (C=O) groups is 2. The number of aryl methyl sites for hydroxylation is 1. The van der Waals surface area contributed by atoms with Gasteiger partial charge in [-0.15, -0.1) is 0 Å². The number of hydrogen-bond donors (Lipinski definition) is 2. The zero-order chi connectivity index (χ0) is 19.0. The fraction of sp³-hybridized carbons (Fsp3) is 0.0909. The molecular weight excluding hydrogens is 338 g/mol. The molecule has 1 fully saturated rings. The predicted molar refractivity (Wildman–Crippen MR) is 105 cm³/mol. The first kappa shape index (κ1) is 16.8. The molecule has 1 aromatic heterocycles. The third-order valence-electron chi connectivity index (χ3n) is 4.72. The van der Waals surface area contributed by atoms with Gasteiger partial charge >= 0.3 is 6.03 Å². The summed E-state index contributed by atoms with van der Waals surface area (Å²) >= 11 is 0. The lowest BCUT2D eigenvalue weighted by Crippen LogP contribution is -2.22. The van der Waals surface area contributed by atoms with Crippen LogP contribution in [0.2, 0.25) is 0 Å². The molecule has 0 unspecified atom stereocenters. The van der Waals surface area contributed by atoms with Crippen molar-refractivity contribution in [1.29, 1.82) is 0 Å². The highest BCUT2D eigenvalue weighted by molar-refractivity contribution is 6.14. The van der Waals surface area contributed by atoms with E-state index >= 15 is 0 Å². The third-order valence-corrected chi connectivity index (χ3v) is 4.72. The van der Waals surface area contributed by atoms with Crippen molar-refractivity contribution in [2.24, 2.45) is 0 Å². The molecule has 0 atom stereocenters. The van der Waals surface area contributed by atoms with Crippen LogP contribution < -0.4 is 10.6 Å². The number of carbonyl (C=O) groups excluding carboxylic acids is 2. The Morgan fingerprint density at radius 1 is 0.852 bits per heavy atom. The summed E-state index contributed by atoms with van der Waals surface area (Å²) in [5, 5.41) is 4.74. The van der Waals surface area contributed by atoms with Gasteiger partial charge in [-0.2, -0.15) is 0 Å². The van der Waals surface area contributed by atoms with Gasteiger partial charge in [-0.3, -0.25) is 10.1 Å². The lowest BCUT2D eigenvalue weighted by atomic mass is 10.1. The van der Waals surface area contributed by atoms with Crippen LogP contribution in [-0.4, -0.2) is 16.5 Å². The van der Waals surface area contributed by atoms with E-state index in [1.54, 1.807) is 6.08 Å². The van der Waals surface area contributed by atoms with Gasteiger partial charge in [0.1, 0.15) is 5.70 Å². The van der Waals surface area contributed by atoms with E-state index < -0.39 is 11.9 Å². The Morgan fingerprint density at radius 3 is 2.15 bits per heavy atom. The number of amides is 3. The molecule has 2 N–H and O–H groups in total. The zero-order valence-electron chi connectivity index (χ0n) is 15.1. The van der Waals surface area contributed by atoms with Gasteiger partial charge in [0.2, 0.25) is 0 Å². The van der Waals surface area contributed by atoms with Crippen LogP contribution in [0.1, 0.15) is 17.0 Å². The Hall–Kier alpha value is -3.60. The van der Waals surface area contributed by atoms with E-state index in [4.69, 9.17) is 0 Å². The van der Waals surface area contributed by atoms with Gasteiger partial charge < -0.3 is 9.88 Å². The molecule has 0 radical (unpaired) electrons. The fourth-order valence-electron chi connectivity index (χ4n) is 3.40. The molecule has 0 spiro atoms. The molecular formula is C22H19N3O2. The maximum Gasteiger partial charge on any atom is 0.326 e. The van der Waals surface area contributed by atoms with Crippen molar-refractivity contribution in [2.45, 2.75) is 13.8 Å². The third kappa shape index (κ3) is 3.15. The van der Waals surface area contributed by atoms with Crippen LogP contribution in [0, 0.1) is 13.8 Å². The zero-order valence-corrected chi connectivity index (χ0v) is 15.1. The highest BCUT2D eigenvalue weighted by Crippen LogP contribution is 2.25. The van der Waals surface area contributed by atoms with Crippen molar-refractivity contribution >= 4 is 18.0 Å². The van der Waals surface area contributed by atoms with Crippen LogP contribution in [0.25, 0.3) is 22.9 Å². The summed E-state index contributed by atoms with van der Waals surface area (Å²) in [7, 11) is 0. The van der Waals surface area contributed by atoms with Crippen LogP contribution >= 0.6 is 0 Å². The fourth-order valence-corrected chi connectivity index (χ4v) is 3.40. The molecule has 5 heteroatoms. The number of rotatable bonds is 3. The van der Waals surface area contributed by atoms with Gasteiger partial charge in [-0.1, -0.05) is 42.5 Å². The molecule has 5 nitrogen and oxygen atoms in total. The standard InChI is InChI=1S/C22H19N3O2/c1-14-12-18(13-20-21(26)24-22(27)23-20)15(2)25(14)19-10-8-17(9-11-19)16-6-4-3-5-7-16/h3-13H,1-2H3,(H2,23,24,26,27). The van der Waals surface area contributed by atoms with Crippen molar-refractivity contribution in [3.8, 4) is 16.8 Å². The largest absolute Gasteiger partial charge is 0.326 e. The van der Waals surface area contributed by atoms with E-state index in [1.807, 2.05) is 38.1 Å². The Bertz CT molecular complexity index is 1060. The van der Waals surface area contributed by atoms with Crippen molar-refractivity contribution in [2.75, 3.05) is 0 Å². The number of urea groups is 1. The maximum absolute atomic E-state index is 11.8. The van der Waals surface area contributed by atoms with E-state index in [-0.39, 0.29) is 5.70 Å². The summed E-state index contributed by atoms with van der Waals surface area (Å²) < 4.78 is 2.13. The number of nitrogens with one attached hydrogen (secondary N) is 2. The van der Waals surface area contributed by atoms with Crippen LogP contribution in [-0.2, 0) is 4.79 Å². The van der Waals surface area contributed by atoms with Crippen molar-refractivity contribution in [3.05, 3.63) is 83.3 Å². The van der Waals surface area contributed by atoms with Gasteiger partial charge in [0, 0.05) is 17.1 Å². The Kier molecular flexibility index (Phi) is 4.12. The Labute approximate surface area is 157 Å². The summed E-state index contributed by atoms with van der Waals surface area (Å²) in [5.41, 5.74) is 6.60. The van der Waals surface area contributed by atoms with Crippen LogP contribution in [0.15, 0.2) is 66.4 Å². The van der Waals surface area contributed by atoms with Gasteiger partial charge in [-0.05, 0) is 54.8 Å². The molecule has 1 saturated heterocycles. The van der Waals surface area contributed by atoms with Crippen LogP contribution in [0.3, 0.4) is 0 Å². The molecule has 0 aliphatic carbocycles. The molecule has 1 aliphatic heterocycles. The van der Waals surface area contributed by atoms with Gasteiger partial charge in [0.25, 0.3) is 5.91 Å². The minimum absolute atomic E-state index is 0.264. The molecule has 134 valence electrons. The van der Waals surface area contributed by atoms with Crippen LogP contribution in [0.4, 0.5) is 4.79 Å². The summed E-state index contributed by atoms with van der Waals surface area (Å²) in [6.07, 6.45) is 1.71. The predicted octanol–water partition coefficient (Wildman–Crippen LogP) is 3.94. The second-order valence-electron chi connectivity index (χ2n) is 6.54. The topological polar surface area (TPSA) is 63.1 Å². The summed E-state index contributed by atoms with van der Waals surface area (Å²) in [6.45, 7) is 4.02. The normalized spacial score (nSPS) is 15.1. The summed E-state index contributed by atoms with van der Waals surface area (Å²) in [6, 6.07) is 20.1. The second kappa shape index (κ2) is 6.61. The monoisotopic (exact) mass is 357 g/mol.